The number of hydrogen-bond acceptors (Lipinski definition) is 4. The van der Waals surface area contributed by atoms with Crippen LogP contribution in [0, 0.1) is 0 Å². The van der Waals surface area contributed by atoms with Crippen molar-refractivity contribution in [3.8, 4) is 0 Å². The highest BCUT2D eigenvalue weighted by molar-refractivity contribution is 7.07. The van der Waals surface area contributed by atoms with E-state index in [4.69, 9.17) is 0 Å². The van der Waals surface area contributed by atoms with E-state index in [1.54, 1.807) is 23.9 Å². The molecular formula is C24H28N4O2S. The Morgan fingerprint density at radius 1 is 1.29 bits per heavy atom. The lowest BCUT2D eigenvalue weighted by Gasteiger charge is -2.29. The highest BCUT2D eigenvalue weighted by Crippen LogP contribution is 2.30. The fraction of sp³-hybridized carbons (Fsp3) is 0.375. The van der Waals surface area contributed by atoms with E-state index in [1.165, 1.54) is 5.56 Å². The minimum absolute atomic E-state index is 0.0188. The summed E-state index contributed by atoms with van der Waals surface area (Å²) in [5.41, 5.74) is 1.99. The van der Waals surface area contributed by atoms with E-state index in [9.17, 15) is 9.59 Å². The molecule has 2 N–H and O–H groups in total. The summed E-state index contributed by atoms with van der Waals surface area (Å²) < 4.78 is 2.02. The first-order valence-electron chi connectivity index (χ1n) is 10.7. The lowest BCUT2D eigenvalue weighted by molar-refractivity contribution is -0.123. The molecule has 0 unspecified atom stereocenters. The molecule has 0 bridgehead atoms. The summed E-state index contributed by atoms with van der Waals surface area (Å²) in [4.78, 5) is 29.0. The van der Waals surface area contributed by atoms with Gasteiger partial charge in [0.25, 0.3) is 0 Å². The zero-order valence-corrected chi connectivity index (χ0v) is 18.3. The van der Waals surface area contributed by atoms with Crippen LogP contribution in [0.4, 0.5) is 0 Å². The van der Waals surface area contributed by atoms with E-state index in [0.29, 0.717) is 19.3 Å². The average molecular weight is 437 g/mol. The summed E-state index contributed by atoms with van der Waals surface area (Å²) in [5.74, 6) is 0.100. The molecule has 1 fully saturated rings. The van der Waals surface area contributed by atoms with Crippen molar-refractivity contribution in [2.45, 2.75) is 56.7 Å². The molecule has 1 aromatic carbocycles. The molecular weight excluding hydrogens is 408 g/mol. The number of aromatic nitrogens is 2. The van der Waals surface area contributed by atoms with Crippen LogP contribution >= 0.6 is 11.3 Å². The van der Waals surface area contributed by atoms with E-state index in [2.05, 4.69) is 32.4 Å². The Labute approximate surface area is 186 Å². The van der Waals surface area contributed by atoms with Crippen molar-refractivity contribution < 1.29 is 9.59 Å². The van der Waals surface area contributed by atoms with Crippen LogP contribution in [0.2, 0.25) is 0 Å². The minimum Gasteiger partial charge on any atom is -0.350 e. The summed E-state index contributed by atoms with van der Waals surface area (Å²) in [6.07, 6.45) is 9.38. The largest absolute Gasteiger partial charge is 0.350 e. The Hall–Kier alpha value is -2.93. The molecule has 2 aromatic heterocycles. The van der Waals surface area contributed by atoms with Crippen LogP contribution in [0.1, 0.15) is 49.3 Å². The molecule has 3 aromatic rings. The first kappa shape index (κ1) is 21.3. The van der Waals surface area contributed by atoms with Gasteiger partial charge in [0.05, 0.1) is 12.4 Å². The van der Waals surface area contributed by atoms with Crippen LogP contribution in [0.15, 0.2) is 65.9 Å². The summed E-state index contributed by atoms with van der Waals surface area (Å²) in [7, 11) is 0. The van der Waals surface area contributed by atoms with Crippen molar-refractivity contribution >= 4 is 23.2 Å². The van der Waals surface area contributed by atoms with Crippen molar-refractivity contribution in [3.63, 3.8) is 0 Å². The van der Waals surface area contributed by atoms with Gasteiger partial charge in [0, 0.05) is 37.3 Å². The second-order valence-corrected chi connectivity index (χ2v) is 9.04. The van der Waals surface area contributed by atoms with Gasteiger partial charge in [-0.3, -0.25) is 9.59 Å². The molecule has 4 rings (SSSR count). The van der Waals surface area contributed by atoms with E-state index in [-0.39, 0.29) is 23.4 Å². The predicted octanol–water partition coefficient (Wildman–Crippen LogP) is 3.86. The second-order valence-electron chi connectivity index (χ2n) is 8.26. The number of hydrogen-bond donors (Lipinski definition) is 2. The maximum atomic E-state index is 12.9. The zero-order valence-electron chi connectivity index (χ0n) is 17.5. The van der Waals surface area contributed by atoms with Crippen molar-refractivity contribution in [1.82, 2.24) is 20.2 Å². The van der Waals surface area contributed by atoms with E-state index in [1.807, 2.05) is 41.1 Å². The molecule has 0 radical (unpaired) electrons. The SMILES string of the molecule is O=C(CC[C@@]1(Cc2ccsc2)CCC(=O)N1)N[C@H](CCn1ccnc1)c1ccccc1. The number of carbonyl (C=O) groups excluding carboxylic acids is 2. The lowest BCUT2D eigenvalue weighted by atomic mass is 9.85. The number of carbonyl (C=O) groups is 2. The van der Waals surface area contributed by atoms with Gasteiger partial charge in [0.1, 0.15) is 0 Å². The van der Waals surface area contributed by atoms with Crippen LogP contribution < -0.4 is 10.6 Å². The van der Waals surface area contributed by atoms with Gasteiger partial charge in [0.2, 0.25) is 11.8 Å². The number of nitrogens with zero attached hydrogens (tertiary/aromatic N) is 2. The Balaban J connectivity index is 1.38. The molecule has 6 nitrogen and oxygen atoms in total. The minimum atomic E-state index is -0.325. The highest BCUT2D eigenvalue weighted by atomic mass is 32.1. The van der Waals surface area contributed by atoms with E-state index in [0.717, 1.165) is 31.4 Å². The Bertz CT molecular complexity index is 972. The van der Waals surface area contributed by atoms with E-state index >= 15 is 0 Å². The predicted molar refractivity (Wildman–Crippen MR) is 122 cm³/mol. The zero-order chi connectivity index (χ0) is 21.5. The summed E-state index contributed by atoms with van der Waals surface area (Å²) >= 11 is 1.66. The van der Waals surface area contributed by atoms with Crippen LogP contribution in [-0.2, 0) is 22.6 Å². The molecule has 7 heteroatoms. The second kappa shape index (κ2) is 9.92. The molecule has 0 spiro atoms. The normalized spacial score (nSPS) is 19.2. The van der Waals surface area contributed by atoms with Crippen LogP contribution in [-0.4, -0.2) is 26.9 Å². The number of amides is 2. The fourth-order valence-electron chi connectivity index (χ4n) is 4.29. The van der Waals surface area contributed by atoms with Crippen LogP contribution in [0.25, 0.3) is 0 Å². The molecule has 1 aliphatic rings. The number of aryl methyl sites for hydroxylation is 1. The first-order chi connectivity index (χ1) is 15.1. The maximum Gasteiger partial charge on any atom is 0.220 e. The molecule has 1 aliphatic heterocycles. The van der Waals surface area contributed by atoms with Gasteiger partial charge in [-0.05, 0) is 53.6 Å². The number of benzene rings is 1. The first-order valence-corrected chi connectivity index (χ1v) is 11.7. The van der Waals surface area contributed by atoms with Crippen molar-refractivity contribution in [2.75, 3.05) is 0 Å². The summed E-state index contributed by atoms with van der Waals surface area (Å²) in [6, 6.07) is 12.1. The molecule has 0 aliphatic carbocycles. The maximum absolute atomic E-state index is 12.9. The Morgan fingerprint density at radius 2 is 2.16 bits per heavy atom. The van der Waals surface area contributed by atoms with Gasteiger partial charge < -0.3 is 15.2 Å². The highest BCUT2D eigenvalue weighted by Gasteiger charge is 2.38. The molecule has 2 amide bonds. The van der Waals surface area contributed by atoms with Crippen LogP contribution in [0.3, 0.4) is 0 Å². The van der Waals surface area contributed by atoms with Crippen LogP contribution in [0.5, 0.6) is 0 Å². The average Bonchev–Trinajstić information content (AvgIpc) is 3.54. The third-order valence-electron chi connectivity index (χ3n) is 5.96. The molecule has 3 heterocycles. The molecule has 162 valence electrons. The topological polar surface area (TPSA) is 76.0 Å². The fourth-order valence-corrected chi connectivity index (χ4v) is 4.96. The lowest BCUT2D eigenvalue weighted by Crippen LogP contribution is -2.44. The number of imidazole rings is 1. The monoisotopic (exact) mass is 436 g/mol. The van der Waals surface area contributed by atoms with Crippen molar-refractivity contribution in [1.29, 1.82) is 0 Å². The van der Waals surface area contributed by atoms with E-state index < -0.39 is 0 Å². The smallest absolute Gasteiger partial charge is 0.220 e. The third kappa shape index (κ3) is 5.82. The van der Waals surface area contributed by atoms with Crippen molar-refractivity contribution in [2.24, 2.45) is 0 Å². The van der Waals surface area contributed by atoms with Crippen molar-refractivity contribution in [3.05, 3.63) is 77.0 Å². The van der Waals surface area contributed by atoms with Gasteiger partial charge in [0.15, 0.2) is 0 Å². The van der Waals surface area contributed by atoms with Gasteiger partial charge >= 0.3 is 0 Å². The summed E-state index contributed by atoms with van der Waals surface area (Å²) in [6.45, 7) is 0.776. The third-order valence-corrected chi connectivity index (χ3v) is 6.69. The van der Waals surface area contributed by atoms with Gasteiger partial charge in [-0.2, -0.15) is 11.3 Å². The molecule has 0 saturated carbocycles. The Kier molecular flexibility index (Phi) is 6.82. The molecule has 31 heavy (non-hydrogen) atoms. The summed E-state index contributed by atoms with van der Waals surface area (Å²) in [5, 5.41) is 10.6. The van der Waals surface area contributed by atoms with Gasteiger partial charge in [-0.25, -0.2) is 4.98 Å². The number of nitrogens with one attached hydrogen (secondary N) is 2. The number of thiophene rings is 1. The van der Waals surface area contributed by atoms with Gasteiger partial charge in [-0.1, -0.05) is 30.3 Å². The molecule has 2 atom stereocenters. The standard InChI is InChI=1S/C24H28N4O2S/c29-22(6-10-24(11-7-23(30)27-24)16-19-9-15-31-17-19)26-21(20-4-2-1-3-5-20)8-13-28-14-12-25-18-28/h1-5,9,12,14-15,17-18,21H,6-8,10-11,13,16H2,(H,26,29)(H,27,30)/t21-,24+/m1/s1. The number of rotatable bonds is 10. The van der Waals surface area contributed by atoms with Gasteiger partial charge in [-0.15, -0.1) is 0 Å². The Morgan fingerprint density at radius 3 is 2.84 bits per heavy atom. The quantitative estimate of drug-likeness (QED) is 0.507. The molecule has 1 saturated heterocycles.